The normalized spacial score (nSPS) is 12.8. The lowest BCUT2D eigenvalue weighted by Crippen LogP contribution is -2.19. The average Bonchev–Trinajstić information content (AvgIpc) is 2.34. The van der Waals surface area contributed by atoms with Crippen LogP contribution in [-0.2, 0) is 4.79 Å². The molecule has 0 aromatic carbocycles. The first-order valence-electron chi connectivity index (χ1n) is 2.87. The quantitative estimate of drug-likeness (QED) is 0.609. The van der Waals surface area contributed by atoms with Crippen molar-refractivity contribution < 1.29 is 15.0 Å². The summed E-state index contributed by atoms with van der Waals surface area (Å²) in [6, 6.07) is 0.316. The van der Waals surface area contributed by atoms with Crippen LogP contribution in [0.15, 0.2) is 11.4 Å². The molecule has 0 saturated heterocycles. The molecule has 0 radical (unpaired) electrons. The lowest BCUT2D eigenvalue weighted by atomic mass is 10.2. The number of carboxylic acid groups (broad SMARTS) is 1. The second kappa shape index (κ2) is 2.89. The Morgan fingerprint density at radius 2 is 2.36 bits per heavy atom. The molecule has 4 N–H and O–H groups in total. The Morgan fingerprint density at radius 3 is 2.73 bits per heavy atom. The maximum atomic E-state index is 10.3. The van der Waals surface area contributed by atoms with Crippen molar-refractivity contribution in [3.63, 3.8) is 0 Å². The summed E-state index contributed by atoms with van der Waals surface area (Å²) >= 11 is 1.06. The molecule has 1 heterocycles. The van der Waals surface area contributed by atoms with Crippen LogP contribution in [0.5, 0.6) is 5.06 Å². The van der Waals surface area contributed by atoms with Gasteiger partial charge in [0.25, 0.3) is 0 Å². The SMILES string of the molecule is NC(C(=O)O)c1csc(O)c1. The van der Waals surface area contributed by atoms with E-state index in [1.807, 2.05) is 0 Å². The largest absolute Gasteiger partial charge is 0.499 e. The molecule has 5 heteroatoms. The van der Waals surface area contributed by atoms with Crippen LogP contribution >= 0.6 is 11.3 Å². The second-order valence-corrected chi connectivity index (χ2v) is 2.92. The molecule has 0 saturated carbocycles. The first kappa shape index (κ1) is 8.03. The fourth-order valence-corrected chi connectivity index (χ4v) is 1.32. The van der Waals surface area contributed by atoms with Crippen LogP contribution in [0.25, 0.3) is 0 Å². The summed E-state index contributed by atoms with van der Waals surface area (Å²) in [6.45, 7) is 0. The van der Waals surface area contributed by atoms with E-state index in [-0.39, 0.29) is 5.06 Å². The summed E-state index contributed by atoms with van der Waals surface area (Å²) in [6.07, 6.45) is 0. The van der Waals surface area contributed by atoms with Crippen molar-refractivity contribution in [2.75, 3.05) is 0 Å². The van der Waals surface area contributed by atoms with Gasteiger partial charge in [0.1, 0.15) is 6.04 Å². The van der Waals surface area contributed by atoms with Crippen LogP contribution in [0.1, 0.15) is 11.6 Å². The average molecular weight is 173 g/mol. The van der Waals surface area contributed by atoms with Crippen LogP contribution in [0.2, 0.25) is 0 Å². The monoisotopic (exact) mass is 173 g/mol. The van der Waals surface area contributed by atoms with Gasteiger partial charge in [-0.25, -0.2) is 0 Å². The van der Waals surface area contributed by atoms with Crippen molar-refractivity contribution in [1.82, 2.24) is 0 Å². The van der Waals surface area contributed by atoms with Gasteiger partial charge in [-0.15, -0.1) is 11.3 Å². The topological polar surface area (TPSA) is 83.6 Å². The number of aliphatic carboxylic acids is 1. The van der Waals surface area contributed by atoms with E-state index < -0.39 is 12.0 Å². The van der Waals surface area contributed by atoms with Crippen LogP contribution < -0.4 is 5.73 Å². The molecule has 0 fully saturated rings. The molecule has 1 atom stereocenters. The molecular weight excluding hydrogens is 166 g/mol. The fourth-order valence-electron chi connectivity index (χ4n) is 0.645. The van der Waals surface area contributed by atoms with Gasteiger partial charge >= 0.3 is 5.97 Å². The van der Waals surface area contributed by atoms with Crippen LogP contribution in [0.4, 0.5) is 0 Å². The molecule has 1 aromatic heterocycles. The minimum atomic E-state index is -1.09. The van der Waals surface area contributed by atoms with E-state index in [9.17, 15) is 4.79 Å². The first-order valence-corrected chi connectivity index (χ1v) is 3.75. The molecule has 0 amide bonds. The Labute approximate surface area is 66.9 Å². The molecule has 0 bridgehead atoms. The van der Waals surface area contributed by atoms with Crippen molar-refractivity contribution in [2.24, 2.45) is 5.73 Å². The van der Waals surface area contributed by atoms with Gasteiger partial charge in [0.15, 0.2) is 5.06 Å². The molecule has 11 heavy (non-hydrogen) atoms. The molecule has 1 rings (SSSR count). The summed E-state index contributed by atoms with van der Waals surface area (Å²) in [5.41, 5.74) is 5.68. The smallest absolute Gasteiger partial charge is 0.325 e. The van der Waals surface area contributed by atoms with Crippen molar-refractivity contribution >= 4 is 17.3 Å². The minimum Gasteiger partial charge on any atom is -0.499 e. The summed E-state index contributed by atoms with van der Waals surface area (Å²) < 4.78 is 0. The number of hydrogen-bond donors (Lipinski definition) is 3. The van der Waals surface area contributed by atoms with Crippen LogP contribution in [0, 0.1) is 0 Å². The van der Waals surface area contributed by atoms with E-state index in [0.717, 1.165) is 11.3 Å². The van der Waals surface area contributed by atoms with Gasteiger partial charge < -0.3 is 15.9 Å². The molecule has 1 aromatic rings. The summed E-state index contributed by atoms with van der Waals surface area (Å²) in [5, 5.41) is 18.9. The number of hydrogen-bond acceptors (Lipinski definition) is 4. The van der Waals surface area contributed by atoms with Crippen molar-refractivity contribution in [2.45, 2.75) is 6.04 Å². The highest BCUT2D eigenvalue weighted by Crippen LogP contribution is 2.24. The Kier molecular flexibility index (Phi) is 2.11. The maximum Gasteiger partial charge on any atom is 0.325 e. The third-order valence-corrected chi connectivity index (χ3v) is 1.98. The number of rotatable bonds is 2. The molecule has 0 spiro atoms. The number of carbonyl (C=O) groups is 1. The van der Waals surface area contributed by atoms with E-state index in [4.69, 9.17) is 15.9 Å². The van der Waals surface area contributed by atoms with Gasteiger partial charge in [-0.05, 0) is 17.0 Å². The highest BCUT2D eigenvalue weighted by atomic mass is 32.1. The fraction of sp³-hybridized carbons (Fsp3) is 0.167. The highest BCUT2D eigenvalue weighted by Gasteiger charge is 2.15. The molecule has 0 aliphatic rings. The maximum absolute atomic E-state index is 10.3. The van der Waals surface area contributed by atoms with Crippen LogP contribution in [0.3, 0.4) is 0 Å². The third kappa shape index (κ3) is 1.69. The first-order chi connectivity index (χ1) is 5.11. The molecule has 0 aliphatic heterocycles. The zero-order valence-corrected chi connectivity index (χ0v) is 6.34. The van der Waals surface area contributed by atoms with Crippen molar-refractivity contribution in [1.29, 1.82) is 0 Å². The minimum absolute atomic E-state index is 0.0803. The molecule has 4 nitrogen and oxygen atoms in total. The lowest BCUT2D eigenvalue weighted by molar-refractivity contribution is -0.138. The number of carboxylic acids is 1. The lowest BCUT2D eigenvalue weighted by Gasteiger charge is -2.00. The Morgan fingerprint density at radius 1 is 1.73 bits per heavy atom. The predicted octanol–water partition coefficient (Wildman–Crippen LogP) is 0.538. The van der Waals surface area contributed by atoms with E-state index >= 15 is 0 Å². The molecular formula is C6H7NO3S. The summed E-state index contributed by atoms with van der Waals surface area (Å²) in [4.78, 5) is 10.3. The van der Waals surface area contributed by atoms with Gasteiger partial charge in [0.05, 0.1) is 0 Å². The van der Waals surface area contributed by atoms with Gasteiger partial charge in [-0.3, -0.25) is 4.79 Å². The Bertz CT molecular complexity index is 271. The van der Waals surface area contributed by atoms with Gasteiger partial charge in [-0.2, -0.15) is 0 Å². The summed E-state index contributed by atoms with van der Waals surface area (Å²) in [5.74, 6) is -1.09. The van der Waals surface area contributed by atoms with Crippen LogP contribution in [-0.4, -0.2) is 16.2 Å². The van der Waals surface area contributed by atoms with E-state index in [2.05, 4.69) is 0 Å². The van der Waals surface area contributed by atoms with Gasteiger partial charge in [0, 0.05) is 0 Å². The third-order valence-electron chi connectivity index (χ3n) is 1.23. The van der Waals surface area contributed by atoms with E-state index in [0.29, 0.717) is 5.56 Å². The zero-order valence-electron chi connectivity index (χ0n) is 5.52. The summed E-state index contributed by atoms with van der Waals surface area (Å²) in [7, 11) is 0. The molecule has 60 valence electrons. The van der Waals surface area contributed by atoms with Gasteiger partial charge in [0.2, 0.25) is 0 Å². The van der Waals surface area contributed by atoms with E-state index in [1.54, 1.807) is 0 Å². The number of aromatic hydroxyl groups is 1. The predicted molar refractivity (Wildman–Crippen MR) is 40.5 cm³/mol. The molecule has 0 aliphatic carbocycles. The molecule has 1 unspecified atom stereocenters. The Hall–Kier alpha value is -1.07. The zero-order chi connectivity index (χ0) is 8.43. The Balaban J connectivity index is 2.84. The standard InChI is InChI=1S/C6H7NO3S/c7-5(6(9)10)3-1-4(8)11-2-3/h1-2,5,8H,7H2,(H,9,10). The number of thiophene rings is 1. The van der Waals surface area contributed by atoms with E-state index in [1.165, 1.54) is 11.4 Å². The number of nitrogens with two attached hydrogens (primary N) is 1. The highest BCUT2D eigenvalue weighted by molar-refractivity contribution is 7.11. The van der Waals surface area contributed by atoms with Crippen molar-refractivity contribution in [3.05, 3.63) is 17.0 Å². The van der Waals surface area contributed by atoms with Gasteiger partial charge in [-0.1, -0.05) is 0 Å². The van der Waals surface area contributed by atoms with Crippen molar-refractivity contribution in [3.8, 4) is 5.06 Å². The second-order valence-electron chi connectivity index (χ2n) is 2.03.